The van der Waals surface area contributed by atoms with E-state index in [9.17, 15) is 9.18 Å². The van der Waals surface area contributed by atoms with Crippen LogP contribution in [0, 0.1) is 11.7 Å². The lowest BCUT2D eigenvalue weighted by atomic mass is 10.1. The molecule has 4 nitrogen and oxygen atoms in total. The third kappa shape index (κ3) is 6.84. The average Bonchev–Trinajstić information content (AvgIpc) is 3.22. The van der Waals surface area contributed by atoms with Crippen LogP contribution < -0.4 is 10.1 Å². The van der Waals surface area contributed by atoms with Gasteiger partial charge in [0.15, 0.2) is 0 Å². The summed E-state index contributed by atoms with van der Waals surface area (Å²) in [5, 5.41) is 2.81. The molecule has 2 aromatic rings. The Kier molecular flexibility index (Phi) is 8.26. The number of hydrogen-bond donors (Lipinski definition) is 1. The van der Waals surface area contributed by atoms with E-state index in [0.29, 0.717) is 31.2 Å². The molecule has 3 rings (SSSR count). The molecule has 0 radical (unpaired) electrons. The van der Waals surface area contributed by atoms with E-state index in [0.717, 1.165) is 18.5 Å². The molecule has 1 aliphatic heterocycles. The fourth-order valence-electron chi connectivity index (χ4n) is 3.61. The Morgan fingerprint density at radius 3 is 2.47 bits per heavy atom. The van der Waals surface area contributed by atoms with Crippen molar-refractivity contribution >= 4 is 5.91 Å². The molecule has 1 aliphatic rings. The van der Waals surface area contributed by atoms with E-state index in [1.807, 2.05) is 0 Å². The van der Waals surface area contributed by atoms with E-state index in [4.69, 9.17) is 4.74 Å². The fourth-order valence-corrected chi connectivity index (χ4v) is 3.61. The number of nitrogens with zero attached hydrogens (tertiary/aromatic N) is 1. The third-order valence-corrected chi connectivity index (χ3v) is 5.48. The monoisotopic (exact) mass is 412 g/mol. The number of nitrogens with one attached hydrogen (secondary N) is 1. The first kappa shape index (κ1) is 22.3. The number of benzene rings is 2. The number of amides is 1. The molecule has 0 aromatic heterocycles. The Balaban J connectivity index is 1.43. The summed E-state index contributed by atoms with van der Waals surface area (Å²) in [5.74, 6) is 0.0348. The molecule has 162 valence electrons. The van der Waals surface area contributed by atoms with Crippen molar-refractivity contribution in [2.75, 3.05) is 26.2 Å². The molecule has 0 spiro atoms. The number of carbonyl (C=O) groups is 1. The molecular formula is C25H33FN2O2. The van der Waals surface area contributed by atoms with Gasteiger partial charge < -0.3 is 10.1 Å². The number of hydrogen-bond acceptors (Lipinski definition) is 3. The molecule has 1 N–H and O–H groups in total. The molecular weight excluding hydrogens is 379 g/mol. The van der Waals surface area contributed by atoms with Gasteiger partial charge in [-0.25, -0.2) is 4.39 Å². The van der Waals surface area contributed by atoms with E-state index >= 15 is 0 Å². The lowest BCUT2D eigenvalue weighted by Gasteiger charge is -2.14. The Labute approximate surface area is 179 Å². The summed E-state index contributed by atoms with van der Waals surface area (Å²) in [5.41, 5.74) is 2.53. The van der Waals surface area contributed by atoms with Gasteiger partial charge in [0, 0.05) is 19.2 Å². The highest BCUT2D eigenvalue weighted by atomic mass is 19.1. The number of ether oxygens (including phenoxy) is 1. The quantitative estimate of drug-likeness (QED) is 0.608. The SMILES string of the molecule is CC(C)CCOc1ccc(C(=O)NCCc2ccc(CN3CCCC3)cc2)c(F)c1. The Morgan fingerprint density at radius 1 is 1.10 bits per heavy atom. The Hall–Kier alpha value is -2.40. The normalized spacial score (nSPS) is 14.3. The van der Waals surface area contributed by atoms with Gasteiger partial charge in [-0.15, -0.1) is 0 Å². The van der Waals surface area contributed by atoms with Crippen LogP contribution in [-0.4, -0.2) is 37.0 Å². The molecule has 1 heterocycles. The molecule has 1 amide bonds. The summed E-state index contributed by atoms with van der Waals surface area (Å²) in [7, 11) is 0. The second-order valence-corrected chi connectivity index (χ2v) is 8.48. The lowest BCUT2D eigenvalue weighted by molar-refractivity contribution is 0.0950. The van der Waals surface area contributed by atoms with Gasteiger partial charge in [0.1, 0.15) is 11.6 Å². The molecule has 30 heavy (non-hydrogen) atoms. The number of rotatable bonds is 10. The molecule has 1 saturated heterocycles. The van der Waals surface area contributed by atoms with Crippen LogP contribution in [0.1, 0.15) is 54.6 Å². The van der Waals surface area contributed by atoms with Crippen LogP contribution in [0.2, 0.25) is 0 Å². The first-order valence-electron chi connectivity index (χ1n) is 11.0. The number of likely N-dealkylation sites (tertiary alicyclic amines) is 1. The maximum atomic E-state index is 14.3. The first-order chi connectivity index (χ1) is 14.5. The lowest BCUT2D eigenvalue weighted by Crippen LogP contribution is -2.26. The summed E-state index contributed by atoms with van der Waals surface area (Å²) in [6, 6.07) is 13.0. The maximum Gasteiger partial charge on any atom is 0.254 e. The highest BCUT2D eigenvalue weighted by Crippen LogP contribution is 2.18. The van der Waals surface area contributed by atoms with Crippen LogP contribution >= 0.6 is 0 Å². The first-order valence-corrected chi connectivity index (χ1v) is 11.0. The summed E-state index contributed by atoms with van der Waals surface area (Å²) < 4.78 is 19.9. The third-order valence-electron chi connectivity index (χ3n) is 5.48. The standard InChI is InChI=1S/C25H33FN2O2/c1-19(2)12-16-30-22-9-10-23(24(26)17-22)25(29)27-13-11-20-5-7-21(8-6-20)18-28-14-3-4-15-28/h5-10,17,19H,3-4,11-16,18H2,1-2H3,(H,27,29). The van der Waals surface area contributed by atoms with Crippen molar-refractivity contribution in [2.24, 2.45) is 5.92 Å². The highest BCUT2D eigenvalue weighted by molar-refractivity contribution is 5.94. The van der Waals surface area contributed by atoms with Gasteiger partial charge in [-0.3, -0.25) is 9.69 Å². The predicted molar refractivity (Wildman–Crippen MR) is 118 cm³/mol. The van der Waals surface area contributed by atoms with Crippen LogP contribution in [0.5, 0.6) is 5.75 Å². The van der Waals surface area contributed by atoms with E-state index in [1.165, 1.54) is 43.6 Å². The summed E-state index contributed by atoms with van der Waals surface area (Å²) in [4.78, 5) is 14.8. The molecule has 0 atom stereocenters. The van der Waals surface area contributed by atoms with Crippen molar-refractivity contribution in [1.29, 1.82) is 0 Å². The van der Waals surface area contributed by atoms with Gasteiger partial charge >= 0.3 is 0 Å². The maximum absolute atomic E-state index is 14.3. The molecule has 0 aliphatic carbocycles. The van der Waals surface area contributed by atoms with Crippen LogP contribution in [0.3, 0.4) is 0 Å². The van der Waals surface area contributed by atoms with Crippen molar-refractivity contribution in [2.45, 2.75) is 46.1 Å². The zero-order valence-electron chi connectivity index (χ0n) is 18.1. The van der Waals surface area contributed by atoms with Gasteiger partial charge in [0.2, 0.25) is 0 Å². The topological polar surface area (TPSA) is 41.6 Å². The smallest absolute Gasteiger partial charge is 0.254 e. The van der Waals surface area contributed by atoms with Crippen molar-refractivity contribution in [3.63, 3.8) is 0 Å². The van der Waals surface area contributed by atoms with Crippen molar-refractivity contribution in [1.82, 2.24) is 10.2 Å². The molecule has 0 saturated carbocycles. The fraction of sp³-hybridized carbons (Fsp3) is 0.480. The zero-order chi connectivity index (χ0) is 21.3. The largest absolute Gasteiger partial charge is 0.493 e. The van der Waals surface area contributed by atoms with E-state index in [2.05, 4.69) is 48.3 Å². The summed E-state index contributed by atoms with van der Waals surface area (Å²) in [6.07, 6.45) is 4.22. The van der Waals surface area contributed by atoms with Gasteiger partial charge in [-0.2, -0.15) is 0 Å². The highest BCUT2D eigenvalue weighted by Gasteiger charge is 2.13. The summed E-state index contributed by atoms with van der Waals surface area (Å²) >= 11 is 0. The summed E-state index contributed by atoms with van der Waals surface area (Å²) in [6.45, 7) is 8.62. The minimum Gasteiger partial charge on any atom is -0.493 e. The van der Waals surface area contributed by atoms with Crippen LogP contribution in [-0.2, 0) is 13.0 Å². The predicted octanol–water partition coefficient (Wildman–Crippen LogP) is 4.82. The molecule has 1 fully saturated rings. The van der Waals surface area contributed by atoms with Crippen LogP contribution in [0.4, 0.5) is 4.39 Å². The second kappa shape index (κ2) is 11.1. The Bertz CT molecular complexity index is 814. The van der Waals surface area contributed by atoms with E-state index in [1.54, 1.807) is 6.07 Å². The molecule has 0 unspecified atom stereocenters. The number of halogens is 1. The number of carbonyl (C=O) groups excluding carboxylic acids is 1. The average molecular weight is 413 g/mol. The molecule has 0 bridgehead atoms. The van der Waals surface area contributed by atoms with Crippen LogP contribution in [0.15, 0.2) is 42.5 Å². The van der Waals surface area contributed by atoms with E-state index < -0.39 is 11.7 Å². The van der Waals surface area contributed by atoms with E-state index in [-0.39, 0.29) is 5.56 Å². The Morgan fingerprint density at radius 2 is 1.80 bits per heavy atom. The van der Waals surface area contributed by atoms with Crippen LogP contribution in [0.25, 0.3) is 0 Å². The van der Waals surface area contributed by atoms with Gasteiger partial charge in [-0.05, 0) is 68.0 Å². The van der Waals surface area contributed by atoms with Gasteiger partial charge in [-0.1, -0.05) is 38.1 Å². The minimum absolute atomic E-state index is 0.0483. The van der Waals surface area contributed by atoms with Gasteiger partial charge in [0.05, 0.1) is 12.2 Å². The molecule has 5 heteroatoms. The minimum atomic E-state index is -0.555. The zero-order valence-corrected chi connectivity index (χ0v) is 18.1. The van der Waals surface area contributed by atoms with Crippen molar-refractivity contribution in [3.8, 4) is 5.75 Å². The van der Waals surface area contributed by atoms with Crippen molar-refractivity contribution in [3.05, 3.63) is 65.0 Å². The van der Waals surface area contributed by atoms with Gasteiger partial charge in [0.25, 0.3) is 5.91 Å². The van der Waals surface area contributed by atoms with Crippen molar-refractivity contribution < 1.29 is 13.9 Å². The second-order valence-electron chi connectivity index (χ2n) is 8.48. The molecule has 2 aromatic carbocycles.